The Labute approximate surface area is 189 Å². The Morgan fingerprint density at radius 1 is 1.19 bits per heavy atom. The lowest BCUT2D eigenvalue weighted by molar-refractivity contribution is -0.126. The average Bonchev–Trinajstić information content (AvgIpc) is 3.25. The van der Waals surface area contributed by atoms with Gasteiger partial charge in [-0.1, -0.05) is 18.2 Å². The SMILES string of the molecule is CCn1ccc2cc(S(=O)(=O)N3CCC[C@H](C(=O)NCc4ccccc4OC)C3)ccc21. The van der Waals surface area contributed by atoms with Crippen LogP contribution in [0.3, 0.4) is 0 Å². The number of carbonyl (C=O) groups is 1. The number of sulfonamides is 1. The van der Waals surface area contributed by atoms with Crippen LogP contribution in [0, 0.1) is 5.92 Å². The second kappa shape index (κ2) is 9.34. The van der Waals surface area contributed by atoms with Gasteiger partial charge in [-0.3, -0.25) is 4.79 Å². The Balaban J connectivity index is 1.46. The zero-order valence-electron chi connectivity index (χ0n) is 18.5. The highest BCUT2D eigenvalue weighted by molar-refractivity contribution is 7.89. The molecule has 1 aliphatic heterocycles. The Morgan fingerprint density at radius 3 is 2.78 bits per heavy atom. The summed E-state index contributed by atoms with van der Waals surface area (Å²) in [6.07, 6.45) is 3.28. The minimum atomic E-state index is -3.67. The first-order valence-electron chi connectivity index (χ1n) is 10.9. The molecule has 32 heavy (non-hydrogen) atoms. The van der Waals surface area contributed by atoms with Gasteiger partial charge in [0.2, 0.25) is 15.9 Å². The standard InChI is InChI=1S/C24H29N3O4S/c1-3-26-14-12-18-15-21(10-11-22(18)26)32(29,30)27-13-6-8-20(17-27)24(28)25-16-19-7-4-5-9-23(19)31-2/h4-5,7,9-12,14-15,20H,3,6,8,13,16-17H2,1-2H3,(H,25,28)/t20-/m0/s1. The topological polar surface area (TPSA) is 80.6 Å². The smallest absolute Gasteiger partial charge is 0.243 e. The van der Waals surface area contributed by atoms with Crippen LogP contribution in [-0.4, -0.2) is 43.4 Å². The van der Waals surface area contributed by atoms with Crippen LogP contribution in [0.1, 0.15) is 25.3 Å². The summed E-state index contributed by atoms with van der Waals surface area (Å²) in [6.45, 7) is 3.84. The molecule has 1 N–H and O–H groups in total. The van der Waals surface area contributed by atoms with E-state index in [0.717, 1.165) is 23.0 Å². The van der Waals surface area contributed by atoms with Gasteiger partial charge in [0.15, 0.2) is 0 Å². The van der Waals surface area contributed by atoms with Crippen molar-refractivity contribution in [2.75, 3.05) is 20.2 Å². The number of carbonyl (C=O) groups excluding carboxylic acids is 1. The van der Waals surface area contributed by atoms with Crippen molar-refractivity contribution in [3.63, 3.8) is 0 Å². The second-order valence-electron chi connectivity index (χ2n) is 8.05. The minimum Gasteiger partial charge on any atom is -0.496 e. The van der Waals surface area contributed by atoms with Crippen LogP contribution >= 0.6 is 0 Å². The summed E-state index contributed by atoms with van der Waals surface area (Å²) in [4.78, 5) is 13.1. The Bertz CT molecular complexity index is 1220. The zero-order chi connectivity index (χ0) is 22.7. The number of rotatable bonds is 7. The van der Waals surface area contributed by atoms with Crippen molar-refractivity contribution < 1.29 is 17.9 Å². The van der Waals surface area contributed by atoms with Crippen LogP contribution in [-0.2, 0) is 27.9 Å². The van der Waals surface area contributed by atoms with Gasteiger partial charge in [-0.2, -0.15) is 4.31 Å². The van der Waals surface area contributed by atoms with Gasteiger partial charge in [-0.05, 0) is 50.1 Å². The highest BCUT2D eigenvalue weighted by Gasteiger charge is 2.33. The van der Waals surface area contributed by atoms with E-state index in [4.69, 9.17) is 4.74 Å². The monoisotopic (exact) mass is 455 g/mol. The van der Waals surface area contributed by atoms with Gasteiger partial charge in [-0.15, -0.1) is 0 Å². The first kappa shape index (κ1) is 22.4. The molecule has 3 aromatic rings. The first-order chi connectivity index (χ1) is 15.4. The minimum absolute atomic E-state index is 0.133. The van der Waals surface area contributed by atoms with E-state index >= 15 is 0 Å². The molecular formula is C24H29N3O4S. The fraction of sp³-hybridized carbons (Fsp3) is 0.375. The lowest BCUT2D eigenvalue weighted by Gasteiger charge is -2.31. The number of hydrogen-bond acceptors (Lipinski definition) is 4. The Morgan fingerprint density at radius 2 is 2.00 bits per heavy atom. The van der Waals surface area contributed by atoms with E-state index < -0.39 is 10.0 Å². The normalized spacial score (nSPS) is 17.4. The van der Waals surface area contributed by atoms with E-state index in [1.165, 1.54) is 4.31 Å². The molecule has 0 spiro atoms. The fourth-order valence-electron chi connectivity index (χ4n) is 4.31. The van der Waals surface area contributed by atoms with Gasteiger partial charge in [0, 0.05) is 48.8 Å². The number of benzene rings is 2. The quantitative estimate of drug-likeness (QED) is 0.592. The molecule has 0 bridgehead atoms. The molecular weight excluding hydrogens is 426 g/mol. The second-order valence-corrected chi connectivity index (χ2v) is 9.99. The molecule has 0 radical (unpaired) electrons. The van der Waals surface area contributed by atoms with Crippen molar-refractivity contribution in [2.45, 2.75) is 37.8 Å². The number of nitrogens with one attached hydrogen (secondary N) is 1. The number of aryl methyl sites for hydroxylation is 1. The van der Waals surface area contributed by atoms with E-state index in [2.05, 4.69) is 16.8 Å². The highest BCUT2D eigenvalue weighted by Crippen LogP contribution is 2.27. The van der Waals surface area contributed by atoms with Crippen molar-refractivity contribution in [1.29, 1.82) is 0 Å². The predicted octanol–water partition coefficient (Wildman–Crippen LogP) is 3.39. The predicted molar refractivity (Wildman–Crippen MR) is 124 cm³/mol. The molecule has 1 aliphatic rings. The summed E-state index contributed by atoms with van der Waals surface area (Å²) in [5.41, 5.74) is 1.90. The number of fused-ring (bicyclic) bond motifs is 1. The lowest BCUT2D eigenvalue weighted by Crippen LogP contribution is -2.45. The number of nitrogens with zero attached hydrogens (tertiary/aromatic N) is 2. The molecule has 8 heteroatoms. The zero-order valence-corrected chi connectivity index (χ0v) is 19.3. The van der Waals surface area contributed by atoms with E-state index in [9.17, 15) is 13.2 Å². The number of hydrogen-bond donors (Lipinski definition) is 1. The van der Waals surface area contributed by atoms with Crippen LogP contribution in [0.4, 0.5) is 0 Å². The maximum atomic E-state index is 13.3. The third-order valence-electron chi connectivity index (χ3n) is 6.12. The van der Waals surface area contributed by atoms with Crippen molar-refractivity contribution in [1.82, 2.24) is 14.2 Å². The summed E-state index contributed by atoms with van der Waals surface area (Å²) in [6, 6.07) is 14.7. The molecule has 0 unspecified atom stereocenters. The number of methoxy groups -OCH3 is 1. The largest absolute Gasteiger partial charge is 0.496 e. The Kier molecular flexibility index (Phi) is 6.53. The molecule has 1 saturated heterocycles. The third-order valence-corrected chi connectivity index (χ3v) is 7.98. The van der Waals surface area contributed by atoms with E-state index in [1.807, 2.05) is 42.6 Å². The van der Waals surface area contributed by atoms with Crippen molar-refractivity contribution in [2.24, 2.45) is 5.92 Å². The van der Waals surface area contributed by atoms with Crippen LogP contribution in [0.2, 0.25) is 0 Å². The maximum Gasteiger partial charge on any atom is 0.243 e. The molecule has 1 fully saturated rings. The van der Waals surface area contributed by atoms with Gasteiger partial charge in [0.25, 0.3) is 0 Å². The van der Waals surface area contributed by atoms with Crippen LogP contribution in [0.15, 0.2) is 59.6 Å². The van der Waals surface area contributed by atoms with Gasteiger partial charge < -0.3 is 14.6 Å². The molecule has 1 amide bonds. The average molecular weight is 456 g/mol. The number of para-hydroxylation sites is 1. The van der Waals surface area contributed by atoms with Crippen molar-refractivity contribution in [3.8, 4) is 5.75 Å². The highest BCUT2D eigenvalue weighted by atomic mass is 32.2. The number of aromatic nitrogens is 1. The van der Waals surface area contributed by atoms with Gasteiger partial charge in [0.05, 0.1) is 17.9 Å². The molecule has 1 atom stereocenters. The molecule has 4 rings (SSSR count). The van der Waals surface area contributed by atoms with E-state index in [-0.39, 0.29) is 23.3 Å². The van der Waals surface area contributed by atoms with Gasteiger partial charge in [-0.25, -0.2) is 8.42 Å². The Hall–Kier alpha value is -2.84. The fourth-order valence-corrected chi connectivity index (χ4v) is 5.87. The number of piperidine rings is 1. The van der Waals surface area contributed by atoms with Gasteiger partial charge >= 0.3 is 0 Å². The molecule has 170 valence electrons. The number of ether oxygens (including phenoxy) is 1. The van der Waals surface area contributed by atoms with E-state index in [1.54, 1.807) is 19.2 Å². The molecule has 2 aromatic carbocycles. The molecule has 0 aliphatic carbocycles. The molecule has 2 heterocycles. The van der Waals surface area contributed by atoms with Crippen LogP contribution < -0.4 is 10.1 Å². The summed E-state index contributed by atoms with van der Waals surface area (Å²) in [5, 5.41) is 3.84. The number of amides is 1. The summed E-state index contributed by atoms with van der Waals surface area (Å²) >= 11 is 0. The molecule has 1 aromatic heterocycles. The molecule has 7 nitrogen and oxygen atoms in total. The summed E-state index contributed by atoms with van der Waals surface area (Å²) in [5.74, 6) is 0.206. The van der Waals surface area contributed by atoms with Crippen molar-refractivity contribution >= 4 is 26.8 Å². The molecule has 0 saturated carbocycles. The van der Waals surface area contributed by atoms with Crippen molar-refractivity contribution in [3.05, 3.63) is 60.3 Å². The van der Waals surface area contributed by atoms with Crippen LogP contribution in [0.5, 0.6) is 5.75 Å². The van der Waals surface area contributed by atoms with E-state index in [0.29, 0.717) is 31.7 Å². The maximum absolute atomic E-state index is 13.3. The lowest BCUT2D eigenvalue weighted by atomic mass is 9.98. The summed E-state index contributed by atoms with van der Waals surface area (Å²) < 4.78 is 35.5. The first-order valence-corrected chi connectivity index (χ1v) is 12.4. The summed E-state index contributed by atoms with van der Waals surface area (Å²) in [7, 11) is -2.07. The third kappa shape index (κ3) is 4.38. The van der Waals surface area contributed by atoms with Gasteiger partial charge in [0.1, 0.15) is 5.75 Å². The van der Waals surface area contributed by atoms with Crippen LogP contribution in [0.25, 0.3) is 10.9 Å².